The van der Waals surface area contributed by atoms with Crippen LogP contribution in [-0.4, -0.2) is 23.2 Å². The number of rotatable bonds is 5. The molecule has 5 nitrogen and oxygen atoms in total. The van der Waals surface area contributed by atoms with Gasteiger partial charge in [0.2, 0.25) is 11.0 Å². The summed E-state index contributed by atoms with van der Waals surface area (Å²) in [7, 11) is 1.61. The molecule has 0 aliphatic carbocycles. The van der Waals surface area contributed by atoms with Crippen molar-refractivity contribution in [3.63, 3.8) is 0 Å². The van der Waals surface area contributed by atoms with Crippen LogP contribution in [0.3, 0.4) is 0 Å². The van der Waals surface area contributed by atoms with E-state index < -0.39 is 0 Å². The van der Waals surface area contributed by atoms with Crippen LogP contribution in [0, 0.1) is 0 Å². The number of carbonyl (C=O) groups is 1. The molecule has 116 valence electrons. The van der Waals surface area contributed by atoms with E-state index in [1.54, 1.807) is 7.11 Å². The van der Waals surface area contributed by atoms with Crippen LogP contribution >= 0.6 is 11.3 Å². The molecule has 1 N–H and O–H groups in total. The van der Waals surface area contributed by atoms with Gasteiger partial charge in [-0.15, -0.1) is 10.2 Å². The molecule has 0 bridgehead atoms. The minimum atomic E-state index is -0.120. The molecular weight excluding hydrogens is 310 g/mol. The van der Waals surface area contributed by atoms with Gasteiger partial charge in [-0.2, -0.15) is 0 Å². The summed E-state index contributed by atoms with van der Waals surface area (Å²) < 4.78 is 5.10. The lowest BCUT2D eigenvalue weighted by molar-refractivity contribution is -0.115. The van der Waals surface area contributed by atoms with E-state index in [-0.39, 0.29) is 12.3 Å². The van der Waals surface area contributed by atoms with Gasteiger partial charge in [0.05, 0.1) is 13.5 Å². The number of carbonyl (C=O) groups excluding carboxylic acids is 1. The number of methoxy groups -OCH3 is 1. The third kappa shape index (κ3) is 3.92. The van der Waals surface area contributed by atoms with Crippen LogP contribution in [0.2, 0.25) is 0 Å². The minimum Gasteiger partial charge on any atom is -0.497 e. The first-order chi connectivity index (χ1) is 11.2. The van der Waals surface area contributed by atoms with Crippen LogP contribution in [0.4, 0.5) is 5.13 Å². The Morgan fingerprint density at radius 1 is 1.09 bits per heavy atom. The molecule has 1 amide bonds. The van der Waals surface area contributed by atoms with Crippen LogP contribution in [0.1, 0.15) is 5.56 Å². The van der Waals surface area contributed by atoms with Crippen LogP contribution in [-0.2, 0) is 11.2 Å². The largest absolute Gasteiger partial charge is 0.497 e. The molecule has 0 aliphatic rings. The third-order valence-electron chi connectivity index (χ3n) is 3.22. The minimum absolute atomic E-state index is 0.120. The number of amides is 1. The zero-order chi connectivity index (χ0) is 16.1. The number of hydrogen-bond acceptors (Lipinski definition) is 5. The van der Waals surface area contributed by atoms with Crippen LogP contribution < -0.4 is 10.1 Å². The summed E-state index contributed by atoms with van der Waals surface area (Å²) in [5, 5.41) is 12.2. The molecule has 23 heavy (non-hydrogen) atoms. The lowest BCUT2D eigenvalue weighted by Gasteiger charge is -2.03. The topological polar surface area (TPSA) is 64.1 Å². The maximum Gasteiger partial charge on any atom is 0.230 e. The Labute approximate surface area is 138 Å². The van der Waals surface area contributed by atoms with Crippen molar-refractivity contribution < 1.29 is 9.53 Å². The van der Waals surface area contributed by atoms with Gasteiger partial charge in [0.25, 0.3) is 0 Å². The number of aromatic nitrogens is 2. The van der Waals surface area contributed by atoms with Crippen LogP contribution in [0.25, 0.3) is 10.6 Å². The predicted molar refractivity (Wildman–Crippen MR) is 90.7 cm³/mol. The first kappa shape index (κ1) is 15.2. The summed E-state index contributed by atoms with van der Waals surface area (Å²) in [5.41, 5.74) is 1.90. The molecule has 1 heterocycles. The van der Waals surface area contributed by atoms with Gasteiger partial charge in [-0.3, -0.25) is 4.79 Å². The molecule has 0 aliphatic heterocycles. The van der Waals surface area contributed by atoms with Gasteiger partial charge in [0.15, 0.2) is 0 Å². The van der Waals surface area contributed by atoms with E-state index in [0.717, 1.165) is 21.9 Å². The number of nitrogens with one attached hydrogen (secondary N) is 1. The van der Waals surface area contributed by atoms with Gasteiger partial charge < -0.3 is 10.1 Å². The van der Waals surface area contributed by atoms with Crippen molar-refractivity contribution in [1.29, 1.82) is 0 Å². The standard InChI is InChI=1S/C17H15N3O2S/c1-22-14-9-7-12(8-10-14)11-15(21)18-17-20-19-16(23-17)13-5-3-2-4-6-13/h2-10H,11H2,1H3,(H,18,20,21). The van der Waals surface area contributed by atoms with Gasteiger partial charge >= 0.3 is 0 Å². The molecule has 0 fully saturated rings. The third-order valence-corrected chi connectivity index (χ3v) is 4.10. The molecule has 0 saturated heterocycles. The van der Waals surface area contributed by atoms with Crippen molar-refractivity contribution in [2.75, 3.05) is 12.4 Å². The average molecular weight is 325 g/mol. The molecule has 0 spiro atoms. The molecule has 0 unspecified atom stereocenters. The van der Waals surface area contributed by atoms with Gasteiger partial charge in [-0.1, -0.05) is 53.8 Å². The number of ether oxygens (including phenoxy) is 1. The van der Waals surface area contributed by atoms with Crippen molar-refractivity contribution in [3.8, 4) is 16.3 Å². The van der Waals surface area contributed by atoms with Crippen molar-refractivity contribution >= 4 is 22.4 Å². The fourth-order valence-electron chi connectivity index (χ4n) is 2.06. The zero-order valence-corrected chi connectivity index (χ0v) is 13.3. The molecule has 2 aromatic carbocycles. The Morgan fingerprint density at radius 2 is 1.83 bits per heavy atom. The summed E-state index contributed by atoms with van der Waals surface area (Å²) in [5.74, 6) is 0.650. The van der Waals surface area contributed by atoms with E-state index in [0.29, 0.717) is 5.13 Å². The summed E-state index contributed by atoms with van der Waals surface area (Å²) in [4.78, 5) is 12.1. The Hall–Kier alpha value is -2.73. The van der Waals surface area contributed by atoms with Gasteiger partial charge in [-0.05, 0) is 17.7 Å². The van der Waals surface area contributed by atoms with E-state index in [4.69, 9.17) is 4.74 Å². The highest BCUT2D eigenvalue weighted by Gasteiger charge is 2.10. The molecule has 0 atom stereocenters. The van der Waals surface area contributed by atoms with E-state index in [1.165, 1.54) is 11.3 Å². The Kier molecular flexibility index (Phi) is 4.63. The molecular formula is C17H15N3O2S. The van der Waals surface area contributed by atoms with Crippen LogP contribution in [0.15, 0.2) is 54.6 Å². The molecule has 6 heteroatoms. The highest BCUT2D eigenvalue weighted by atomic mass is 32.1. The summed E-state index contributed by atoms with van der Waals surface area (Å²) in [6, 6.07) is 17.2. The lowest BCUT2D eigenvalue weighted by Crippen LogP contribution is -2.14. The number of benzene rings is 2. The molecule has 3 aromatic rings. The van der Waals surface area contributed by atoms with Crippen LogP contribution in [0.5, 0.6) is 5.75 Å². The van der Waals surface area contributed by atoms with E-state index in [2.05, 4.69) is 15.5 Å². The summed E-state index contributed by atoms with van der Waals surface area (Å²) in [6.45, 7) is 0. The quantitative estimate of drug-likeness (QED) is 0.781. The Balaban J connectivity index is 1.63. The Morgan fingerprint density at radius 3 is 2.52 bits per heavy atom. The maximum absolute atomic E-state index is 12.1. The van der Waals surface area contributed by atoms with E-state index in [9.17, 15) is 4.79 Å². The summed E-state index contributed by atoms with van der Waals surface area (Å²) in [6.07, 6.45) is 0.282. The highest BCUT2D eigenvalue weighted by Crippen LogP contribution is 2.26. The highest BCUT2D eigenvalue weighted by molar-refractivity contribution is 7.18. The molecule has 0 radical (unpaired) electrons. The van der Waals surface area contributed by atoms with Crippen molar-refractivity contribution in [2.24, 2.45) is 0 Å². The fraction of sp³-hybridized carbons (Fsp3) is 0.118. The predicted octanol–water partition coefficient (Wildman–Crippen LogP) is 3.39. The number of nitrogens with zero attached hydrogens (tertiary/aromatic N) is 2. The molecule has 3 rings (SSSR count). The summed E-state index contributed by atoms with van der Waals surface area (Å²) >= 11 is 1.36. The zero-order valence-electron chi connectivity index (χ0n) is 12.5. The fourth-order valence-corrected chi connectivity index (χ4v) is 2.83. The van der Waals surface area contributed by atoms with Crippen molar-refractivity contribution in [3.05, 3.63) is 60.2 Å². The normalized spacial score (nSPS) is 10.3. The van der Waals surface area contributed by atoms with Gasteiger partial charge in [0.1, 0.15) is 10.8 Å². The molecule has 0 saturated carbocycles. The second kappa shape index (κ2) is 7.02. The maximum atomic E-state index is 12.1. The van der Waals surface area contributed by atoms with Gasteiger partial charge in [0, 0.05) is 5.56 Å². The van der Waals surface area contributed by atoms with Crippen molar-refractivity contribution in [1.82, 2.24) is 10.2 Å². The van der Waals surface area contributed by atoms with Crippen molar-refractivity contribution in [2.45, 2.75) is 6.42 Å². The first-order valence-electron chi connectivity index (χ1n) is 7.06. The monoisotopic (exact) mass is 325 g/mol. The van der Waals surface area contributed by atoms with E-state index >= 15 is 0 Å². The number of anilines is 1. The lowest BCUT2D eigenvalue weighted by atomic mass is 10.1. The second-order valence-corrected chi connectivity index (χ2v) is 5.83. The number of hydrogen-bond donors (Lipinski definition) is 1. The average Bonchev–Trinajstić information content (AvgIpc) is 3.04. The Bertz CT molecular complexity index is 785. The SMILES string of the molecule is COc1ccc(CC(=O)Nc2nnc(-c3ccccc3)s2)cc1. The molecule has 1 aromatic heterocycles. The van der Waals surface area contributed by atoms with E-state index in [1.807, 2.05) is 54.6 Å². The smallest absolute Gasteiger partial charge is 0.230 e. The first-order valence-corrected chi connectivity index (χ1v) is 7.88. The van der Waals surface area contributed by atoms with Gasteiger partial charge in [-0.25, -0.2) is 0 Å². The second-order valence-electron chi connectivity index (χ2n) is 4.85.